The molecule has 0 saturated heterocycles. The van der Waals surface area contributed by atoms with E-state index in [4.69, 9.17) is 0 Å². The van der Waals surface area contributed by atoms with Crippen LogP contribution in [0.5, 0.6) is 0 Å². The van der Waals surface area contributed by atoms with E-state index in [1.807, 2.05) is 38.1 Å². The van der Waals surface area contributed by atoms with Crippen LogP contribution in [0.15, 0.2) is 36.7 Å². The SMILES string of the molecule is Cc1cc(C)nc(Nc2c(C#N)cnn2-c2ccccn2)n1. The number of nitriles is 1. The zero-order chi connectivity index (χ0) is 15.5. The highest BCUT2D eigenvalue weighted by Gasteiger charge is 2.14. The normalized spacial score (nSPS) is 10.2. The molecule has 108 valence electrons. The van der Waals surface area contributed by atoms with Crippen molar-refractivity contribution in [1.82, 2.24) is 24.7 Å². The number of anilines is 2. The first-order chi connectivity index (χ1) is 10.7. The van der Waals surface area contributed by atoms with Gasteiger partial charge in [-0.25, -0.2) is 15.0 Å². The molecule has 0 atom stereocenters. The van der Waals surface area contributed by atoms with Gasteiger partial charge in [0.2, 0.25) is 5.95 Å². The molecule has 0 aliphatic heterocycles. The Morgan fingerprint density at radius 3 is 2.59 bits per heavy atom. The maximum Gasteiger partial charge on any atom is 0.228 e. The summed E-state index contributed by atoms with van der Waals surface area (Å²) in [5.74, 6) is 1.52. The highest BCUT2D eigenvalue weighted by atomic mass is 15.4. The van der Waals surface area contributed by atoms with Crippen molar-refractivity contribution in [2.75, 3.05) is 5.32 Å². The predicted octanol–water partition coefficient (Wildman–Crippen LogP) is 2.29. The number of pyridine rings is 1. The lowest BCUT2D eigenvalue weighted by atomic mass is 10.3. The molecule has 0 saturated carbocycles. The van der Waals surface area contributed by atoms with E-state index in [2.05, 4.69) is 31.4 Å². The molecule has 7 nitrogen and oxygen atoms in total. The first kappa shape index (κ1) is 13.7. The Morgan fingerprint density at radius 1 is 1.18 bits per heavy atom. The Morgan fingerprint density at radius 2 is 1.95 bits per heavy atom. The smallest absolute Gasteiger partial charge is 0.228 e. The first-order valence-electron chi connectivity index (χ1n) is 6.66. The largest absolute Gasteiger partial charge is 0.307 e. The fourth-order valence-corrected chi connectivity index (χ4v) is 2.09. The van der Waals surface area contributed by atoms with Crippen LogP contribution in [0.4, 0.5) is 11.8 Å². The number of rotatable bonds is 3. The van der Waals surface area contributed by atoms with Crippen LogP contribution < -0.4 is 5.32 Å². The van der Waals surface area contributed by atoms with E-state index in [-0.39, 0.29) is 0 Å². The number of hydrogen-bond acceptors (Lipinski definition) is 6. The number of nitrogens with zero attached hydrogens (tertiary/aromatic N) is 6. The molecule has 22 heavy (non-hydrogen) atoms. The van der Waals surface area contributed by atoms with E-state index in [0.29, 0.717) is 23.1 Å². The Kier molecular flexibility index (Phi) is 3.50. The molecule has 0 spiro atoms. The van der Waals surface area contributed by atoms with Crippen molar-refractivity contribution in [1.29, 1.82) is 5.26 Å². The molecule has 0 radical (unpaired) electrons. The van der Waals surface area contributed by atoms with Gasteiger partial charge >= 0.3 is 0 Å². The molecule has 0 amide bonds. The molecular weight excluding hydrogens is 278 g/mol. The summed E-state index contributed by atoms with van der Waals surface area (Å²) in [6.07, 6.45) is 3.15. The molecule has 0 unspecified atom stereocenters. The minimum absolute atomic E-state index is 0.397. The van der Waals surface area contributed by atoms with Crippen LogP contribution in [0.25, 0.3) is 5.82 Å². The second-order valence-electron chi connectivity index (χ2n) is 4.72. The van der Waals surface area contributed by atoms with Gasteiger partial charge in [-0.15, -0.1) is 0 Å². The Bertz CT molecular complexity index is 826. The molecule has 0 aliphatic carbocycles. The molecule has 3 aromatic rings. The van der Waals surface area contributed by atoms with Crippen LogP contribution in [-0.2, 0) is 0 Å². The summed E-state index contributed by atoms with van der Waals surface area (Å²) in [6, 6.07) is 9.47. The zero-order valence-electron chi connectivity index (χ0n) is 12.1. The van der Waals surface area contributed by atoms with Gasteiger partial charge in [-0.3, -0.25) is 0 Å². The Hall–Kier alpha value is -3.27. The molecule has 1 N–H and O–H groups in total. The molecule has 3 rings (SSSR count). The molecule has 3 aromatic heterocycles. The van der Waals surface area contributed by atoms with E-state index >= 15 is 0 Å². The van der Waals surface area contributed by atoms with E-state index in [0.717, 1.165) is 11.4 Å². The molecule has 0 aromatic carbocycles. The van der Waals surface area contributed by atoms with Crippen LogP contribution >= 0.6 is 0 Å². The highest BCUT2D eigenvalue weighted by molar-refractivity contribution is 5.60. The van der Waals surface area contributed by atoms with Crippen molar-refractivity contribution in [3.63, 3.8) is 0 Å². The summed E-state index contributed by atoms with van der Waals surface area (Å²) < 4.78 is 1.56. The Labute approximate surface area is 127 Å². The second kappa shape index (κ2) is 5.61. The van der Waals surface area contributed by atoms with Gasteiger partial charge in [0.1, 0.15) is 11.6 Å². The van der Waals surface area contributed by atoms with Crippen LogP contribution in [0, 0.1) is 25.2 Å². The van der Waals surface area contributed by atoms with Crippen LogP contribution in [0.3, 0.4) is 0 Å². The lowest BCUT2D eigenvalue weighted by molar-refractivity contribution is 0.851. The van der Waals surface area contributed by atoms with Crippen LogP contribution in [-0.4, -0.2) is 24.7 Å². The lowest BCUT2D eigenvalue weighted by Gasteiger charge is -2.09. The van der Waals surface area contributed by atoms with E-state index in [1.54, 1.807) is 10.9 Å². The maximum absolute atomic E-state index is 9.26. The number of hydrogen-bond donors (Lipinski definition) is 1. The van der Waals surface area contributed by atoms with E-state index < -0.39 is 0 Å². The third kappa shape index (κ3) is 2.62. The third-order valence-corrected chi connectivity index (χ3v) is 2.97. The van der Waals surface area contributed by atoms with Crippen molar-refractivity contribution in [2.45, 2.75) is 13.8 Å². The summed E-state index contributed by atoms with van der Waals surface area (Å²) in [5.41, 5.74) is 2.09. The molecule has 7 heteroatoms. The highest BCUT2D eigenvalue weighted by Crippen LogP contribution is 2.21. The van der Waals surface area contributed by atoms with Gasteiger partial charge in [0.05, 0.1) is 6.20 Å². The van der Waals surface area contributed by atoms with Crippen molar-refractivity contribution < 1.29 is 0 Å². The molecule has 0 bridgehead atoms. The number of nitrogens with one attached hydrogen (secondary N) is 1. The summed E-state index contributed by atoms with van der Waals surface area (Å²) in [5, 5.41) is 16.5. The quantitative estimate of drug-likeness (QED) is 0.796. The average Bonchev–Trinajstić information content (AvgIpc) is 2.90. The predicted molar refractivity (Wildman–Crippen MR) is 80.9 cm³/mol. The van der Waals surface area contributed by atoms with Gasteiger partial charge in [0.15, 0.2) is 11.6 Å². The van der Waals surface area contributed by atoms with Crippen molar-refractivity contribution >= 4 is 11.8 Å². The zero-order valence-corrected chi connectivity index (χ0v) is 12.1. The maximum atomic E-state index is 9.26. The van der Waals surface area contributed by atoms with E-state index in [1.165, 1.54) is 6.20 Å². The number of aryl methyl sites for hydroxylation is 2. The molecule has 0 fully saturated rings. The molecule has 0 aliphatic rings. The number of aromatic nitrogens is 5. The van der Waals surface area contributed by atoms with Crippen molar-refractivity contribution in [3.8, 4) is 11.9 Å². The van der Waals surface area contributed by atoms with Crippen LogP contribution in [0.1, 0.15) is 17.0 Å². The van der Waals surface area contributed by atoms with Gasteiger partial charge < -0.3 is 5.32 Å². The van der Waals surface area contributed by atoms with Crippen molar-refractivity contribution in [2.24, 2.45) is 0 Å². The summed E-state index contributed by atoms with van der Waals surface area (Å²) in [4.78, 5) is 12.9. The fourth-order valence-electron chi connectivity index (χ4n) is 2.09. The van der Waals surface area contributed by atoms with Gasteiger partial charge in [-0.05, 0) is 32.0 Å². The average molecular weight is 291 g/mol. The summed E-state index contributed by atoms with van der Waals surface area (Å²) in [7, 11) is 0. The minimum atomic E-state index is 0.397. The second-order valence-corrected chi connectivity index (χ2v) is 4.72. The molecular formula is C15H13N7. The van der Waals surface area contributed by atoms with Gasteiger partial charge in [-0.1, -0.05) is 6.07 Å². The first-order valence-corrected chi connectivity index (χ1v) is 6.66. The topological polar surface area (TPSA) is 92.3 Å². The van der Waals surface area contributed by atoms with Crippen LogP contribution in [0.2, 0.25) is 0 Å². The monoisotopic (exact) mass is 291 g/mol. The van der Waals surface area contributed by atoms with Gasteiger partial charge in [0.25, 0.3) is 0 Å². The molecule has 3 heterocycles. The van der Waals surface area contributed by atoms with Crippen molar-refractivity contribution in [3.05, 3.63) is 53.6 Å². The van der Waals surface area contributed by atoms with E-state index in [9.17, 15) is 5.26 Å². The lowest BCUT2D eigenvalue weighted by Crippen LogP contribution is -2.07. The summed E-state index contributed by atoms with van der Waals surface area (Å²) >= 11 is 0. The minimum Gasteiger partial charge on any atom is -0.307 e. The van der Waals surface area contributed by atoms with Gasteiger partial charge in [-0.2, -0.15) is 15.0 Å². The third-order valence-electron chi connectivity index (χ3n) is 2.97. The fraction of sp³-hybridized carbons (Fsp3) is 0.133. The standard InChI is InChI=1S/C15H13N7/c1-10-7-11(2)20-15(19-10)21-14-12(8-16)9-18-22(14)13-5-3-4-6-17-13/h3-7,9H,1-2H3,(H,19,20,21). The summed E-state index contributed by atoms with van der Waals surface area (Å²) in [6.45, 7) is 3.78. The Balaban J connectivity index is 2.06. The van der Waals surface area contributed by atoms with Gasteiger partial charge in [0, 0.05) is 17.6 Å².